The lowest BCUT2D eigenvalue weighted by Crippen LogP contribution is -2.55. The maximum Gasteiger partial charge on any atom is 0.249 e. The number of hydrogen-bond donors (Lipinski definition) is 2. The first kappa shape index (κ1) is 13.8. The summed E-state index contributed by atoms with van der Waals surface area (Å²) in [6.45, 7) is 4.13. The van der Waals surface area contributed by atoms with Crippen LogP contribution in [0.3, 0.4) is 0 Å². The summed E-state index contributed by atoms with van der Waals surface area (Å²) in [7, 11) is 0. The van der Waals surface area contributed by atoms with Crippen molar-refractivity contribution in [3.63, 3.8) is 0 Å². The molecule has 0 saturated heterocycles. The van der Waals surface area contributed by atoms with Gasteiger partial charge in [-0.25, -0.2) is 8.78 Å². The monoisotopic (exact) mass is 237 g/mol. The molecule has 0 amide bonds. The van der Waals surface area contributed by atoms with Crippen molar-refractivity contribution in [2.45, 2.75) is 63.2 Å². The predicted molar refractivity (Wildman–Crippen MR) is 57.4 cm³/mol. The Labute approximate surface area is 95.0 Å². The standard InChI is InChI=1S/C11H21F2NO2/c1-8(2)16-6-5-10(15)3-4-11(12,13)7-9(10)14/h8-9,15H,3-7,14H2,1-2H3. The molecule has 3 N–H and O–H groups in total. The quantitative estimate of drug-likeness (QED) is 0.782. The van der Waals surface area contributed by atoms with Gasteiger partial charge in [0.25, 0.3) is 0 Å². The Balaban J connectivity index is 2.45. The van der Waals surface area contributed by atoms with Crippen LogP contribution in [0.1, 0.15) is 39.5 Å². The van der Waals surface area contributed by atoms with E-state index in [1.807, 2.05) is 13.8 Å². The van der Waals surface area contributed by atoms with Crippen LogP contribution in [0.25, 0.3) is 0 Å². The molecule has 2 unspecified atom stereocenters. The molecule has 3 nitrogen and oxygen atoms in total. The van der Waals surface area contributed by atoms with E-state index in [-0.39, 0.29) is 18.9 Å². The summed E-state index contributed by atoms with van der Waals surface area (Å²) in [6, 6.07) is -0.869. The van der Waals surface area contributed by atoms with Gasteiger partial charge in [0.2, 0.25) is 5.92 Å². The van der Waals surface area contributed by atoms with E-state index >= 15 is 0 Å². The normalized spacial score (nSPS) is 34.3. The number of rotatable bonds is 4. The van der Waals surface area contributed by atoms with Crippen LogP contribution in [0.5, 0.6) is 0 Å². The number of nitrogens with two attached hydrogens (primary N) is 1. The van der Waals surface area contributed by atoms with Crippen molar-refractivity contribution in [3.05, 3.63) is 0 Å². The molecule has 0 heterocycles. The van der Waals surface area contributed by atoms with Gasteiger partial charge in [-0.2, -0.15) is 0 Å². The molecule has 0 aromatic heterocycles. The van der Waals surface area contributed by atoms with E-state index in [1.54, 1.807) is 0 Å². The molecular weight excluding hydrogens is 216 g/mol. The number of alkyl halides is 2. The Morgan fingerprint density at radius 1 is 1.44 bits per heavy atom. The Morgan fingerprint density at radius 2 is 2.06 bits per heavy atom. The van der Waals surface area contributed by atoms with Crippen molar-refractivity contribution in [1.82, 2.24) is 0 Å². The Hall–Kier alpha value is -0.260. The van der Waals surface area contributed by atoms with Gasteiger partial charge in [-0.1, -0.05) is 0 Å². The van der Waals surface area contributed by atoms with E-state index in [0.29, 0.717) is 13.0 Å². The molecular formula is C11H21F2NO2. The van der Waals surface area contributed by atoms with Crippen LogP contribution in [0.2, 0.25) is 0 Å². The second kappa shape index (κ2) is 4.94. The summed E-state index contributed by atoms with van der Waals surface area (Å²) in [4.78, 5) is 0. The highest BCUT2D eigenvalue weighted by Gasteiger charge is 2.47. The minimum atomic E-state index is -2.73. The number of ether oxygens (including phenoxy) is 1. The van der Waals surface area contributed by atoms with Crippen LogP contribution < -0.4 is 5.73 Å². The lowest BCUT2D eigenvalue weighted by atomic mass is 9.77. The molecule has 0 aliphatic heterocycles. The Morgan fingerprint density at radius 3 is 2.56 bits per heavy atom. The number of hydrogen-bond acceptors (Lipinski definition) is 3. The van der Waals surface area contributed by atoms with E-state index in [0.717, 1.165) is 0 Å². The fraction of sp³-hybridized carbons (Fsp3) is 1.00. The van der Waals surface area contributed by atoms with Gasteiger partial charge in [-0.05, 0) is 20.3 Å². The summed E-state index contributed by atoms with van der Waals surface area (Å²) in [5, 5.41) is 10.1. The zero-order valence-corrected chi connectivity index (χ0v) is 9.88. The smallest absolute Gasteiger partial charge is 0.249 e. The minimum Gasteiger partial charge on any atom is -0.388 e. The molecule has 1 aliphatic rings. The maximum absolute atomic E-state index is 13.0. The molecule has 5 heteroatoms. The van der Waals surface area contributed by atoms with Crippen LogP contribution in [0.4, 0.5) is 8.78 Å². The summed E-state index contributed by atoms with van der Waals surface area (Å²) >= 11 is 0. The highest BCUT2D eigenvalue weighted by molar-refractivity contribution is 4.98. The van der Waals surface area contributed by atoms with Crippen LogP contribution in [-0.4, -0.2) is 35.4 Å². The van der Waals surface area contributed by atoms with Crippen LogP contribution in [0, 0.1) is 0 Å². The van der Waals surface area contributed by atoms with Gasteiger partial charge in [0.15, 0.2) is 0 Å². The largest absolute Gasteiger partial charge is 0.388 e. The van der Waals surface area contributed by atoms with Gasteiger partial charge >= 0.3 is 0 Å². The van der Waals surface area contributed by atoms with E-state index in [4.69, 9.17) is 10.5 Å². The minimum absolute atomic E-state index is 0.0443. The Kier molecular flexibility index (Phi) is 4.26. The zero-order chi connectivity index (χ0) is 12.4. The lowest BCUT2D eigenvalue weighted by molar-refractivity contribution is -0.125. The molecule has 0 spiro atoms. The first-order chi connectivity index (χ1) is 7.25. The van der Waals surface area contributed by atoms with Crippen molar-refractivity contribution >= 4 is 0 Å². The molecule has 0 aromatic carbocycles. The van der Waals surface area contributed by atoms with Crippen molar-refractivity contribution in [3.8, 4) is 0 Å². The molecule has 16 heavy (non-hydrogen) atoms. The predicted octanol–water partition coefficient (Wildman–Crippen LogP) is 1.68. The third-order valence-corrected chi connectivity index (χ3v) is 3.12. The Bertz CT molecular complexity index is 236. The van der Waals surface area contributed by atoms with Crippen molar-refractivity contribution in [2.24, 2.45) is 5.73 Å². The molecule has 1 saturated carbocycles. The van der Waals surface area contributed by atoms with Gasteiger partial charge in [-0.15, -0.1) is 0 Å². The first-order valence-corrected chi connectivity index (χ1v) is 5.73. The van der Waals surface area contributed by atoms with E-state index in [2.05, 4.69) is 0 Å². The zero-order valence-electron chi connectivity index (χ0n) is 9.88. The molecule has 0 radical (unpaired) electrons. The average Bonchev–Trinajstić information content (AvgIpc) is 2.12. The number of aliphatic hydroxyl groups is 1. The van der Waals surface area contributed by atoms with Crippen molar-refractivity contribution < 1.29 is 18.6 Å². The van der Waals surface area contributed by atoms with Crippen molar-refractivity contribution in [1.29, 1.82) is 0 Å². The fourth-order valence-corrected chi connectivity index (χ4v) is 1.98. The maximum atomic E-state index is 13.0. The van der Waals surface area contributed by atoms with Gasteiger partial charge in [0.1, 0.15) is 0 Å². The topological polar surface area (TPSA) is 55.5 Å². The van der Waals surface area contributed by atoms with E-state index < -0.39 is 24.0 Å². The second-order valence-electron chi connectivity index (χ2n) is 4.94. The number of halogens is 2. The molecule has 0 bridgehead atoms. The third kappa shape index (κ3) is 3.64. The fourth-order valence-electron chi connectivity index (χ4n) is 1.98. The molecule has 96 valence electrons. The second-order valence-corrected chi connectivity index (χ2v) is 4.94. The van der Waals surface area contributed by atoms with Gasteiger partial charge < -0.3 is 15.6 Å². The molecule has 1 fully saturated rings. The third-order valence-electron chi connectivity index (χ3n) is 3.12. The summed E-state index contributed by atoms with van der Waals surface area (Å²) < 4.78 is 31.4. The van der Waals surface area contributed by atoms with E-state index in [1.165, 1.54) is 0 Å². The van der Waals surface area contributed by atoms with Crippen molar-refractivity contribution in [2.75, 3.05) is 6.61 Å². The van der Waals surface area contributed by atoms with Crippen LogP contribution in [0.15, 0.2) is 0 Å². The van der Waals surface area contributed by atoms with E-state index in [9.17, 15) is 13.9 Å². The van der Waals surface area contributed by atoms with Gasteiger partial charge in [0.05, 0.1) is 11.7 Å². The van der Waals surface area contributed by atoms with Crippen LogP contribution in [-0.2, 0) is 4.74 Å². The first-order valence-electron chi connectivity index (χ1n) is 5.73. The summed E-state index contributed by atoms with van der Waals surface area (Å²) in [5.74, 6) is -2.73. The van der Waals surface area contributed by atoms with Gasteiger partial charge in [0, 0.05) is 31.9 Å². The molecule has 1 rings (SSSR count). The lowest BCUT2D eigenvalue weighted by Gasteiger charge is -2.41. The molecule has 1 aliphatic carbocycles. The van der Waals surface area contributed by atoms with Crippen LogP contribution >= 0.6 is 0 Å². The summed E-state index contributed by atoms with van der Waals surface area (Å²) in [6.07, 6.45) is -0.292. The molecule has 0 aromatic rings. The SMILES string of the molecule is CC(C)OCCC1(O)CCC(F)(F)CC1N. The molecule has 2 atom stereocenters. The van der Waals surface area contributed by atoms with Gasteiger partial charge in [-0.3, -0.25) is 0 Å². The highest BCUT2D eigenvalue weighted by atomic mass is 19.3. The summed E-state index contributed by atoms with van der Waals surface area (Å²) in [5.41, 5.74) is 4.42. The average molecular weight is 237 g/mol. The highest BCUT2D eigenvalue weighted by Crippen LogP contribution is 2.39.